The van der Waals surface area contributed by atoms with Crippen LogP contribution < -0.4 is 0 Å². The molecule has 3 aromatic rings. The van der Waals surface area contributed by atoms with Crippen molar-refractivity contribution in [1.29, 1.82) is 0 Å². The number of thioether (sulfide) groups is 1. The largest absolute Gasteiger partial charge is 0.411 e. The highest BCUT2D eigenvalue weighted by molar-refractivity contribution is 7.98. The highest BCUT2D eigenvalue weighted by Gasteiger charge is 2.15. The summed E-state index contributed by atoms with van der Waals surface area (Å²) in [5, 5.41) is 9.18. The van der Waals surface area contributed by atoms with E-state index in [2.05, 4.69) is 10.2 Å². The Morgan fingerprint density at radius 1 is 1.04 bits per heavy atom. The fourth-order valence-electron chi connectivity index (χ4n) is 1.82. The normalized spacial score (nSPS) is 11.0. The summed E-state index contributed by atoms with van der Waals surface area (Å²) in [7, 11) is 0. The quantitative estimate of drug-likeness (QED) is 0.503. The third-order valence-corrected chi connectivity index (χ3v) is 4.70. The Kier molecular flexibility index (Phi) is 5.11. The summed E-state index contributed by atoms with van der Waals surface area (Å²) in [4.78, 5) is 0. The minimum Gasteiger partial charge on any atom is -0.411 e. The van der Waals surface area contributed by atoms with Gasteiger partial charge in [0.15, 0.2) is 5.82 Å². The van der Waals surface area contributed by atoms with Crippen LogP contribution in [0.3, 0.4) is 0 Å². The molecule has 3 nitrogen and oxygen atoms in total. The van der Waals surface area contributed by atoms with Gasteiger partial charge in [0.2, 0.25) is 0 Å². The monoisotopic (exact) mass is 388 g/mol. The topological polar surface area (TPSA) is 38.9 Å². The molecular formula is C15H8Cl3FN2OS. The number of rotatable bonds is 4. The van der Waals surface area contributed by atoms with E-state index in [1.165, 1.54) is 23.9 Å². The molecular weight excluding hydrogens is 382 g/mol. The molecule has 3 rings (SSSR count). The molecule has 0 atom stereocenters. The summed E-state index contributed by atoms with van der Waals surface area (Å²) in [6.07, 6.45) is 0. The molecule has 23 heavy (non-hydrogen) atoms. The molecule has 0 aliphatic rings. The van der Waals surface area contributed by atoms with E-state index in [1.54, 1.807) is 18.2 Å². The van der Waals surface area contributed by atoms with Crippen molar-refractivity contribution >= 4 is 46.6 Å². The van der Waals surface area contributed by atoms with Gasteiger partial charge in [0.05, 0.1) is 10.6 Å². The van der Waals surface area contributed by atoms with Crippen molar-refractivity contribution in [2.45, 2.75) is 11.0 Å². The number of benzene rings is 2. The van der Waals surface area contributed by atoms with E-state index in [0.717, 1.165) is 5.56 Å². The first-order valence-corrected chi connectivity index (χ1v) is 8.51. The van der Waals surface area contributed by atoms with Gasteiger partial charge in [-0.1, -0.05) is 58.7 Å². The molecule has 0 spiro atoms. The minimum absolute atomic E-state index is 0.00264. The summed E-state index contributed by atoms with van der Waals surface area (Å²) >= 11 is 19.0. The van der Waals surface area contributed by atoms with Gasteiger partial charge in [-0.15, -0.1) is 10.2 Å². The molecule has 0 aliphatic carbocycles. The maximum absolute atomic E-state index is 13.9. The van der Waals surface area contributed by atoms with Crippen molar-refractivity contribution in [3.63, 3.8) is 0 Å². The van der Waals surface area contributed by atoms with E-state index in [9.17, 15) is 4.39 Å². The lowest BCUT2D eigenvalue weighted by Gasteiger charge is -2.02. The van der Waals surface area contributed by atoms with Crippen molar-refractivity contribution in [1.82, 2.24) is 10.2 Å². The van der Waals surface area contributed by atoms with Crippen LogP contribution in [0.4, 0.5) is 4.39 Å². The predicted octanol–water partition coefficient (Wildman–Crippen LogP) is 6.13. The number of hydrogen-bond acceptors (Lipinski definition) is 4. The Morgan fingerprint density at radius 2 is 1.87 bits per heavy atom. The van der Waals surface area contributed by atoms with Crippen LogP contribution in [0, 0.1) is 5.82 Å². The van der Waals surface area contributed by atoms with Crippen LogP contribution >= 0.6 is 46.6 Å². The molecule has 1 heterocycles. The number of halogens is 4. The summed E-state index contributed by atoms with van der Waals surface area (Å²) in [6.45, 7) is 0. The van der Waals surface area contributed by atoms with Gasteiger partial charge in [-0.2, -0.15) is 0 Å². The predicted molar refractivity (Wildman–Crippen MR) is 90.7 cm³/mol. The molecule has 0 bridgehead atoms. The van der Waals surface area contributed by atoms with E-state index in [0.29, 0.717) is 21.0 Å². The molecule has 118 valence electrons. The Balaban J connectivity index is 1.76. The van der Waals surface area contributed by atoms with Crippen LogP contribution in [0.25, 0.3) is 11.5 Å². The van der Waals surface area contributed by atoms with E-state index in [4.69, 9.17) is 39.2 Å². The maximum Gasteiger partial charge on any atom is 0.277 e. The summed E-state index contributed by atoms with van der Waals surface area (Å²) in [6, 6.07) is 9.84. The van der Waals surface area contributed by atoms with Crippen LogP contribution in [-0.4, -0.2) is 10.2 Å². The zero-order chi connectivity index (χ0) is 16.4. The Bertz CT molecular complexity index is 856. The van der Waals surface area contributed by atoms with Crippen molar-refractivity contribution < 1.29 is 8.81 Å². The van der Waals surface area contributed by atoms with Crippen molar-refractivity contribution in [3.05, 3.63) is 62.8 Å². The van der Waals surface area contributed by atoms with Gasteiger partial charge in [-0.3, -0.25) is 0 Å². The molecule has 0 aliphatic heterocycles. The van der Waals surface area contributed by atoms with Crippen LogP contribution in [0.15, 0.2) is 46.0 Å². The van der Waals surface area contributed by atoms with Gasteiger partial charge >= 0.3 is 0 Å². The van der Waals surface area contributed by atoms with Gasteiger partial charge in [-0.25, -0.2) is 4.39 Å². The highest BCUT2D eigenvalue weighted by atomic mass is 35.5. The number of nitrogens with zero attached hydrogens (tertiary/aromatic N) is 2. The van der Waals surface area contributed by atoms with Gasteiger partial charge in [0, 0.05) is 15.8 Å². The van der Waals surface area contributed by atoms with E-state index in [-0.39, 0.29) is 16.5 Å². The Morgan fingerprint density at radius 3 is 2.65 bits per heavy atom. The number of hydrogen-bond donors (Lipinski definition) is 0. The molecule has 0 N–H and O–H groups in total. The second-order valence-electron chi connectivity index (χ2n) is 4.50. The molecule has 0 amide bonds. The zero-order valence-electron chi connectivity index (χ0n) is 11.4. The Labute approximate surface area is 150 Å². The first-order valence-electron chi connectivity index (χ1n) is 6.39. The van der Waals surface area contributed by atoms with E-state index >= 15 is 0 Å². The lowest BCUT2D eigenvalue weighted by molar-refractivity contribution is 0.463. The first kappa shape index (κ1) is 16.6. The highest BCUT2D eigenvalue weighted by Crippen LogP contribution is 2.31. The van der Waals surface area contributed by atoms with Crippen LogP contribution in [0.2, 0.25) is 15.1 Å². The molecule has 8 heteroatoms. The second kappa shape index (κ2) is 7.09. The van der Waals surface area contributed by atoms with Gasteiger partial charge in [0.25, 0.3) is 11.1 Å². The van der Waals surface area contributed by atoms with Gasteiger partial charge in [-0.05, 0) is 29.8 Å². The van der Waals surface area contributed by atoms with Crippen molar-refractivity contribution in [3.8, 4) is 11.5 Å². The van der Waals surface area contributed by atoms with Crippen molar-refractivity contribution in [2.75, 3.05) is 0 Å². The van der Waals surface area contributed by atoms with Crippen LogP contribution in [0.1, 0.15) is 5.56 Å². The van der Waals surface area contributed by atoms with Crippen LogP contribution in [-0.2, 0) is 5.75 Å². The van der Waals surface area contributed by atoms with E-state index < -0.39 is 5.82 Å². The van der Waals surface area contributed by atoms with Crippen molar-refractivity contribution in [2.24, 2.45) is 0 Å². The van der Waals surface area contributed by atoms with E-state index in [1.807, 2.05) is 6.07 Å². The molecule has 0 radical (unpaired) electrons. The first-order chi connectivity index (χ1) is 11.0. The molecule has 0 fully saturated rings. The fourth-order valence-corrected chi connectivity index (χ4v) is 3.32. The third-order valence-electron chi connectivity index (χ3n) is 2.95. The number of aromatic nitrogens is 2. The molecule has 0 saturated heterocycles. The average molecular weight is 390 g/mol. The third kappa shape index (κ3) is 3.80. The molecule has 1 aromatic heterocycles. The second-order valence-corrected chi connectivity index (χ2v) is 6.68. The van der Waals surface area contributed by atoms with Gasteiger partial charge < -0.3 is 4.42 Å². The minimum atomic E-state index is -0.588. The Hall–Kier alpha value is -1.27. The maximum atomic E-state index is 13.9. The smallest absolute Gasteiger partial charge is 0.277 e. The summed E-state index contributed by atoms with van der Waals surface area (Å²) < 4.78 is 19.4. The standard InChI is InChI=1S/C15H8Cl3FN2OS/c16-9-5-4-8(12(18)6-9)7-23-15-21-20-14(22-15)10-2-1-3-11(17)13(10)19/h1-6H,7H2. The molecule has 0 unspecified atom stereocenters. The molecule has 0 saturated carbocycles. The van der Waals surface area contributed by atoms with Crippen LogP contribution in [0.5, 0.6) is 0 Å². The lowest BCUT2D eigenvalue weighted by atomic mass is 10.2. The fraction of sp³-hybridized carbons (Fsp3) is 0.0667. The SMILES string of the molecule is Fc1c(Cl)cccc1-c1nnc(SCc2ccc(Cl)cc2Cl)o1. The summed E-state index contributed by atoms with van der Waals surface area (Å²) in [5.41, 5.74) is 1.05. The summed E-state index contributed by atoms with van der Waals surface area (Å²) in [5.74, 6) is 0.0140. The average Bonchev–Trinajstić information content (AvgIpc) is 2.98. The molecule has 2 aromatic carbocycles. The van der Waals surface area contributed by atoms with Gasteiger partial charge in [0.1, 0.15) is 0 Å². The zero-order valence-corrected chi connectivity index (χ0v) is 14.5. The lowest BCUT2D eigenvalue weighted by Crippen LogP contribution is -1.85.